The number of aromatic nitrogens is 2. The van der Waals surface area contributed by atoms with Crippen molar-refractivity contribution < 1.29 is 13.2 Å². The third-order valence-electron chi connectivity index (χ3n) is 4.94. The largest absolute Gasteiger partial charge is 0.421 e. The predicted octanol–water partition coefficient (Wildman–Crippen LogP) is 7.40. The highest BCUT2D eigenvalue weighted by atomic mass is 19.4. The van der Waals surface area contributed by atoms with Crippen LogP contribution in [0.3, 0.4) is 0 Å². The molecule has 0 radical (unpaired) electrons. The Kier molecular flexibility index (Phi) is 6.25. The highest BCUT2D eigenvalue weighted by molar-refractivity contribution is 5.63. The van der Waals surface area contributed by atoms with Crippen LogP contribution in [0.1, 0.15) is 57.2 Å². The summed E-state index contributed by atoms with van der Waals surface area (Å²) in [4.78, 5) is 7.97. The summed E-state index contributed by atoms with van der Waals surface area (Å²) in [6.07, 6.45) is -3.78. The Balaban J connectivity index is 1.88. The molecule has 164 valence electrons. The average Bonchev–Trinajstić information content (AvgIpc) is 2.67. The van der Waals surface area contributed by atoms with Crippen molar-refractivity contribution in [3.63, 3.8) is 0 Å². The molecule has 7 heteroatoms. The SMILES string of the molecule is CC(C)c1ccc(Nc2ncc(C(F)(F)F)c(Nc3ccc(C(C)(C)C)cc3)n2)cc1. The zero-order chi connectivity index (χ0) is 22.8. The number of nitrogens with zero attached hydrogens (tertiary/aromatic N) is 2. The van der Waals surface area contributed by atoms with E-state index in [2.05, 4.69) is 55.2 Å². The number of nitrogens with one attached hydrogen (secondary N) is 2. The average molecular weight is 429 g/mol. The summed E-state index contributed by atoms with van der Waals surface area (Å²) in [5, 5.41) is 5.77. The molecule has 3 aromatic rings. The van der Waals surface area contributed by atoms with Crippen molar-refractivity contribution in [1.29, 1.82) is 0 Å². The Morgan fingerprint density at radius 1 is 0.806 bits per heavy atom. The lowest BCUT2D eigenvalue weighted by atomic mass is 9.87. The molecule has 0 saturated heterocycles. The van der Waals surface area contributed by atoms with Gasteiger partial charge in [-0.25, -0.2) is 4.98 Å². The first-order chi connectivity index (χ1) is 14.4. The molecule has 0 saturated carbocycles. The lowest BCUT2D eigenvalue weighted by molar-refractivity contribution is -0.137. The molecule has 2 N–H and O–H groups in total. The first-order valence-corrected chi connectivity index (χ1v) is 10.1. The van der Waals surface area contributed by atoms with Gasteiger partial charge in [-0.1, -0.05) is 58.9 Å². The van der Waals surface area contributed by atoms with E-state index in [9.17, 15) is 13.2 Å². The zero-order valence-corrected chi connectivity index (χ0v) is 18.3. The van der Waals surface area contributed by atoms with E-state index < -0.39 is 11.7 Å². The van der Waals surface area contributed by atoms with E-state index in [1.807, 2.05) is 36.4 Å². The van der Waals surface area contributed by atoms with E-state index in [0.29, 0.717) is 17.3 Å². The third-order valence-corrected chi connectivity index (χ3v) is 4.94. The van der Waals surface area contributed by atoms with Gasteiger partial charge in [0.25, 0.3) is 0 Å². The molecule has 0 atom stereocenters. The second kappa shape index (κ2) is 8.57. The number of anilines is 4. The van der Waals surface area contributed by atoms with E-state index in [1.54, 1.807) is 12.1 Å². The van der Waals surface area contributed by atoms with Crippen LogP contribution in [0.4, 0.5) is 36.3 Å². The number of hydrogen-bond donors (Lipinski definition) is 2. The molecule has 0 amide bonds. The molecule has 0 aliphatic carbocycles. The van der Waals surface area contributed by atoms with Crippen LogP contribution in [0.25, 0.3) is 0 Å². The topological polar surface area (TPSA) is 49.8 Å². The minimum Gasteiger partial charge on any atom is -0.340 e. The first-order valence-electron chi connectivity index (χ1n) is 10.1. The quantitative estimate of drug-likeness (QED) is 0.444. The number of rotatable bonds is 5. The molecule has 1 heterocycles. The van der Waals surface area contributed by atoms with E-state index >= 15 is 0 Å². The predicted molar refractivity (Wildman–Crippen MR) is 119 cm³/mol. The number of alkyl halides is 3. The fourth-order valence-corrected chi connectivity index (χ4v) is 3.02. The van der Waals surface area contributed by atoms with Gasteiger partial charge in [0.05, 0.1) is 0 Å². The third kappa shape index (κ3) is 5.75. The summed E-state index contributed by atoms with van der Waals surface area (Å²) in [5.74, 6) is 0.170. The van der Waals surface area contributed by atoms with Gasteiger partial charge in [-0.2, -0.15) is 18.2 Å². The van der Waals surface area contributed by atoms with Crippen molar-refractivity contribution >= 4 is 23.1 Å². The molecule has 4 nitrogen and oxygen atoms in total. The highest BCUT2D eigenvalue weighted by Gasteiger charge is 2.35. The van der Waals surface area contributed by atoms with Gasteiger partial charge < -0.3 is 10.6 Å². The van der Waals surface area contributed by atoms with Crippen LogP contribution < -0.4 is 10.6 Å². The van der Waals surface area contributed by atoms with Gasteiger partial charge in [0, 0.05) is 17.6 Å². The Labute approximate surface area is 181 Å². The summed E-state index contributed by atoms with van der Waals surface area (Å²) in [7, 11) is 0. The van der Waals surface area contributed by atoms with Crippen LogP contribution in [0.5, 0.6) is 0 Å². The summed E-state index contributed by atoms with van der Waals surface area (Å²) >= 11 is 0. The van der Waals surface area contributed by atoms with Gasteiger partial charge >= 0.3 is 6.18 Å². The van der Waals surface area contributed by atoms with Crippen molar-refractivity contribution in [1.82, 2.24) is 9.97 Å². The monoisotopic (exact) mass is 428 g/mol. The van der Waals surface area contributed by atoms with E-state index in [1.165, 1.54) is 5.56 Å². The van der Waals surface area contributed by atoms with Crippen LogP contribution in [-0.2, 0) is 11.6 Å². The van der Waals surface area contributed by atoms with Crippen LogP contribution >= 0.6 is 0 Å². The molecule has 0 spiro atoms. The molecular formula is C24H27F3N4. The molecule has 0 aliphatic heterocycles. The molecule has 0 unspecified atom stereocenters. The molecule has 0 aliphatic rings. The van der Waals surface area contributed by atoms with Gasteiger partial charge in [-0.05, 0) is 46.7 Å². The van der Waals surface area contributed by atoms with Crippen LogP contribution in [0, 0.1) is 0 Å². The van der Waals surface area contributed by atoms with E-state index in [0.717, 1.165) is 11.8 Å². The minimum absolute atomic E-state index is 0.0488. The van der Waals surface area contributed by atoms with Gasteiger partial charge in [-0.15, -0.1) is 0 Å². The van der Waals surface area contributed by atoms with Crippen LogP contribution in [0.2, 0.25) is 0 Å². The molecule has 3 rings (SSSR count). The maximum absolute atomic E-state index is 13.5. The van der Waals surface area contributed by atoms with Crippen molar-refractivity contribution in [3.8, 4) is 0 Å². The van der Waals surface area contributed by atoms with E-state index in [-0.39, 0.29) is 17.2 Å². The second-order valence-corrected chi connectivity index (χ2v) is 8.81. The lowest BCUT2D eigenvalue weighted by Gasteiger charge is -2.20. The summed E-state index contributed by atoms with van der Waals surface area (Å²) in [6.45, 7) is 10.4. The molecule has 0 bridgehead atoms. The Morgan fingerprint density at radius 3 is 1.87 bits per heavy atom. The van der Waals surface area contributed by atoms with Gasteiger partial charge in [0.2, 0.25) is 5.95 Å². The fourth-order valence-electron chi connectivity index (χ4n) is 3.02. The summed E-state index contributed by atoms with van der Waals surface area (Å²) < 4.78 is 40.5. The molecule has 1 aromatic heterocycles. The number of halogens is 3. The van der Waals surface area contributed by atoms with Crippen molar-refractivity contribution in [3.05, 3.63) is 71.4 Å². The number of hydrogen-bond acceptors (Lipinski definition) is 4. The van der Waals surface area contributed by atoms with Crippen LogP contribution in [0.15, 0.2) is 54.7 Å². The Hall–Kier alpha value is -3.09. The molecule has 31 heavy (non-hydrogen) atoms. The van der Waals surface area contributed by atoms with Gasteiger partial charge in [0.15, 0.2) is 0 Å². The lowest BCUT2D eigenvalue weighted by Crippen LogP contribution is -2.13. The zero-order valence-electron chi connectivity index (χ0n) is 18.3. The maximum Gasteiger partial charge on any atom is 0.421 e. The summed E-state index contributed by atoms with van der Waals surface area (Å²) in [5.41, 5.74) is 2.50. The summed E-state index contributed by atoms with van der Waals surface area (Å²) in [6, 6.07) is 14.9. The number of benzene rings is 2. The van der Waals surface area contributed by atoms with Gasteiger partial charge in [-0.3, -0.25) is 0 Å². The highest BCUT2D eigenvalue weighted by Crippen LogP contribution is 2.35. The standard InChI is InChI=1S/C24H27F3N4/c1-15(2)16-6-10-19(11-7-16)30-22-28-14-20(24(25,26)27)21(31-22)29-18-12-8-17(9-13-18)23(3,4)5/h6-15H,1-5H3,(H2,28,29,30,31). The Bertz CT molecular complexity index is 1020. The van der Waals surface area contributed by atoms with Crippen LogP contribution in [-0.4, -0.2) is 9.97 Å². The van der Waals surface area contributed by atoms with E-state index in [4.69, 9.17) is 0 Å². The first kappa shape index (κ1) is 22.6. The van der Waals surface area contributed by atoms with Crippen molar-refractivity contribution in [2.75, 3.05) is 10.6 Å². The smallest absolute Gasteiger partial charge is 0.340 e. The maximum atomic E-state index is 13.5. The van der Waals surface area contributed by atoms with Crippen molar-refractivity contribution in [2.24, 2.45) is 0 Å². The van der Waals surface area contributed by atoms with Gasteiger partial charge in [0.1, 0.15) is 11.4 Å². The molecule has 0 fully saturated rings. The Morgan fingerprint density at radius 2 is 1.35 bits per heavy atom. The second-order valence-electron chi connectivity index (χ2n) is 8.81. The molecular weight excluding hydrogens is 401 g/mol. The van der Waals surface area contributed by atoms with Crippen molar-refractivity contribution in [2.45, 2.75) is 52.1 Å². The fraction of sp³-hybridized carbons (Fsp3) is 0.333. The normalized spacial score (nSPS) is 12.2. The minimum atomic E-state index is -4.58. The molecule has 2 aromatic carbocycles.